The number of methoxy groups -OCH3 is 1. The highest BCUT2D eigenvalue weighted by molar-refractivity contribution is 5.93. The summed E-state index contributed by atoms with van der Waals surface area (Å²) in [6.45, 7) is 5.55. The number of aryl methyl sites for hydroxylation is 1. The first-order chi connectivity index (χ1) is 13.9. The molecule has 0 aliphatic rings. The molecule has 2 heterocycles. The molecule has 0 saturated heterocycles. The first kappa shape index (κ1) is 20.4. The van der Waals surface area contributed by atoms with Crippen molar-refractivity contribution in [3.8, 4) is 5.75 Å². The second-order valence-corrected chi connectivity index (χ2v) is 7.14. The van der Waals surface area contributed by atoms with Gasteiger partial charge in [-0.05, 0) is 56.2 Å². The predicted molar refractivity (Wildman–Crippen MR) is 109 cm³/mol. The topological polar surface area (TPSA) is 81.9 Å². The predicted octanol–water partition coefficient (Wildman–Crippen LogP) is 3.46. The van der Waals surface area contributed by atoms with Crippen LogP contribution in [0.3, 0.4) is 0 Å². The number of carbonyl (C=O) groups excluding carboxylic acids is 2. The summed E-state index contributed by atoms with van der Waals surface area (Å²) >= 11 is 0. The number of hydrogen-bond acceptors (Lipinski definition) is 5. The van der Waals surface area contributed by atoms with Gasteiger partial charge in [-0.1, -0.05) is 12.1 Å². The Morgan fingerprint density at radius 3 is 2.55 bits per heavy atom. The summed E-state index contributed by atoms with van der Waals surface area (Å²) in [5, 5.41) is 2.91. The quantitative estimate of drug-likeness (QED) is 0.620. The lowest BCUT2D eigenvalue weighted by molar-refractivity contribution is -0.147. The number of benzene rings is 1. The molecular weight excluding hydrogens is 370 g/mol. The molecular formula is C22H25N3O4. The highest BCUT2D eigenvalue weighted by Gasteiger charge is 2.22. The number of hydrogen-bond donors (Lipinski definition) is 1. The Kier molecular flexibility index (Phi) is 6.16. The van der Waals surface area contributed by atoms with E-state index in [1.165, 1.54) is 0 Å². The van der Waals surface area contributed by atoms with Gasteiger partial charge >= 0.3 is 5.97 Å². The van der Waals surface area contributed by atoms with E-state index in [0.29, 0.717) is 11.4 Å². The number of ether oxygens (including phenoxy) is 2. The number of pyridine rings is 1. The van der Waals surface area contributed by atoms with Crippen molar-refractivity contribution in [1.29, 1.82) is 0 Å². The fourth-order valence-corrected chi connectivity index (χ4v) is 2.99. The number of amides is 1. The molecule has 7 nitrogen and oxygen atoms in total. The molecule has 0 spiro atoms. The molecule has 29 heavy (non-hydrogen) atoms. The van der Waals surface area contributed by atoms with Crippen molar-refractivity contribution in [2.45, 2.75) is 39.3 Å². The number of esters is 1. The van der Waals surface area contributed by atoms with Crippen molar-refractivity contribution in [2.24, 2.45) is 0 Å². The minimum absolute atomic E-state index is 0.0166. The summed E-state index contributed by atoms with van der Waals surface area (Å²) in [6, 6.07) is 10.5. The second kappa shape index (κ2) is 8.77. The normalized spacial score (nSPS) is 12.0. The lowest BCUT2D eigenvalue weighted by Gasteiger charge is -2.19. The van der Waals surface area contributed by atoms with Crippen LogP contribution >= 0.6 is 0 Å². The Morgan fingerprint density at radius 2 is 1.90 bits per heavy atom. The van der Waals surface area contributed by atoms with Crippen molar-refractivity contribution in [3.63, 3.8) is 0 Å². The van der Waals surface area contributed by atoms with E-state index in [-0.39, 0.29) is 30.1 Å². The third-order valence-electron chi connectivity index (χ3n) is 4.41. The maximum Gasteiger partial charge on any atom is 0.308 e. The molecule has 3 aromatic rings. The van der Waals surface area contributed by atoms with Crippen LogP contribution in [-0.4, -0.2) is 34.5 Å². The molecule has 1 atom stereocenters. The van der Waals surface area contributed by atoms with Gasteiger partial charge < -0.3 is 19.2 Å². The SMILES string of the molecule is COc1ccc([C@@H](CC(=O)OC(C)C)NC(=O)c2cn3ccc(C)cc3n2)cc1. The van der Waals surface area contributed by atoms with Gasteiger partial charge in [0.1, 0.15) is 17.1 Å². The van der Waals surface area contributed by atoms with Crippen molar-refractivity contribution in [2.75, 3.05) is 7.11 Å². The van der Waals surface area contributed by atoms with Crippen LogP contribution in [0.1, 0.15) is 47.9 Å². The molecule has 3 rings (SSSR count). The molecule has 0 radical (unpaired) electrons. The van der Waals surface area contributed by atoms with Crippen LogP contribution in [0, 0.1) is 6.92 Å². The number of rotatable bonds is 7. The first-order valence-electron chi connectivity index (χ1n) is 9.45. The van der Waals surface area contributed by atoms with Gasteiger partial charge in [0.15, 0.2) is 0 Å². The Bertz CT molecular complexity index is 1010. The largest absolute Gasteiger partial charge is 0.497 e. The van der Waals surface area contributed by atoms with Gasteiger partial charge in [-0.25, -0.2) is 4.98 Å². The Labute approximate surface area is 169 Å². The van der Waals surface area contributed by atoms with E-state index in [2.05, 4.69) is 10.3 Å². The zero-order valence-electron chi connectivity index (χ0n) is 17.0. The van der Waals surface area contributed by atoms with Crippen molar-refractivity contribution in [3.05, 3.63) is 65.6 Å². The molecule has 7 heteroatoms. The first-order valence-corrected chi connectivity index (χ1v) is 9.45. The average Bonchev–Trinajstić information content (AvgIpc) is 3.10. The van der Waals surface area contributed by atoms with E-state index < -0.39 is 6.04 Å². The van der Waals surface area contributed by atoms with E-state index in [0.717, 1.165) is 11.1 Å². The number of aromatic nitrogens is 2. The van der Waals surface area contributed by atoms with E-state index in [1.54, 1.807) is 43.7 Å². The van der Waals surface area contributed by atoms with Crippen LogP contribution in [0.25, 0.3) is 5.65 Å². The minimum Gasteiger partial charge on any atom is -0.497 e. The average molecular weight is 395 g/mol. The van der Waals surface area contributed by atoms with Crippen LogP contribution < -0.4 is 10.1 Å². The Morgan fingerprint density at radius 1 is 1.17 bits per heavy atom. The third kappa shape index (κ3) is 5.13. The lowest BCUT2D eigenvalue weighted by Crippen LogP contribution is -2.31. The monoisotopic (exact) mass is 395 g/mol. The van der Waals surface area contributed by atoms with Gasteiger partial charge in [0.25, 0.3) is 5.91 Å². The van der Waals surface area contributed by atoms with E-state index in [1.807, 2.05) is 37.4 Å². The summed E-state index contributed by atoms with van der Waals surface area (Å²) in [7, 11) is 1.58. The minimum atomic E-state index is -0.550. The number of carbonyl (C=O) groups is 2. The van der Waals surface area contributed by atoms with Gasteiger partial charge in [0.2, 0.25) is 0 Å². The number of nitrogens with zero attached hydrogens (tertiary/aromatic N) is 2. The number of nitrogens with one attached hydrogen (secondary N) is 1. The second-order valence-electron chi connectivity index (χ2n) is 7.14. The maximum absolute atomic E-state index is 12.8. The molecule has 1 N–H and O–H groups in total. The van der Waals surface area contributed by atoms with Crippen LogP contribution in [0.2, 0.25) is 0 Å². The van der Waals surface area contributed by atoms with Gasteiger partial charge in [0, 0.05) is 12.4 Å². The van der Waals surface area contributed by atoms with E-state index >= 15 is 0 Å². The zero-order valence-corrected chi connectivity index (χ0v) is 17.0. The van der Waals surface area contributed by atoms with Crippen molar-refractivity contribution >= 4 is 17.5 Å². The molecule has 152 valence electrons. The smallest absolute Gasteiger partial charge is 0.308 e. The molecule has 0 unspecified atom stereocenters. The zero-order chi connectivity index (χ0) is 21.0. The number of imidazole rings is 1. The molecule has 0 bridgehead atoms. The van der Waals surface area contributed by atoms with Gasteiger partial charge in [-0.2, -0.15) is 0 Å². The summed E-state index contributed by atoms with van der Waals surface area (Å²) in [5.41, 5.74) is 2.81. The maximum atomic E-state index is 12.8. The molecule has 1 amide bonds. The van der Waals surface area contributed by atoms with Crippen LogP contribution in [0.5, 0.6) is 5.75 Å². The van der Waals surface area contributed by atoms with Crippen molar-refractivity contribution < 1.29 is 19.1 Å². The highest BCUT2D eigenvalue weighted by atomic mass is 16.5. The molecule has 0 fully saturated rings. The summed E-state index contributed by atoms with van der Waals surface area (Å²) in [4.78, 5) is 29.5. The summed E-state index contributed by atoms with van der Waals surface area (Å²) < 4.78 is 12.2. The highest BCUT2D eigenvalue weighted by Crippen LogP contribution is 2.22. The molecule has 1 aromatic carbocycles. The number of fused-ring (bicyclic) bond motifs is 1. The van der Waals surface area contributed by atoms with Crippen LogP contribution in [0.4, 0.5) is 0 Å². The van der Waals surface area contributed by atoms with Gasteiger partial charge in [0.05, 0.1) is 25.7 Å². The van der Waals surface area contributed by atoms with E-state index in [4.69, 9.17) is 9.47 Å². The van der Waals surface area contributed by atoms with E-state index in [9.17, 15) is 9.59 Å². The fourth-order valence-electron chi connectivity index (χ4n) is 2.99. The van der Waals surface area contributed by atoms with Crippen LogP contribution in [-0.2, 0) is 9.53 Å². The summed E-state index contributed by atoms with van der Waals surface area (Å²) in [6.07, 6.45) is 3.32. The lowest BCUT2D eigenvalue weighted by atomic mass is 10.0. The molecule has 0 saturated carbocycles. The standard InChI is InChI=1S/C22H25N3O4/c1-14(2)29-21(26)12-18(16-5-7-17(28-4)8-6-16)24-22(27)19-13-25-10-9-15(3)11-20(25)23-19/h5-11,13-14,18H,12H2,1-4H3,(H,24,27)/t18-/m1/s1. The third-order valence-corrected chi connectivity index (χ3v) is 4.41. The van der Waals surface area contributed by atoms with Gasteiger partial charge in [-0.3, -0.25) is 9.59 Å². The summed E-state index contributed by atoms with van der Waals surface area (Å²) in [5.74, 6) is -0.0458. The Balaban J connectivity index is 1.83. The molecule has 0 aliphatic carbocycles. The molecule has 0 aliphatic heterocycles. The van der Waals surface area contributed by atoms with Crippen LogP contribution in [0.15, 0.2) is 48.8 Å². The van der Waals surface area contributed by atoms with Gasteiger partial charge in [-0.15, -0.1) is 0 Å². The van der Waals surface area contributed by atoms with Crippen molar-refractivity contribution in [1.82, 2.24) is 14.7 Å². The molecule has 2 aromatic heterocycles. The Hall–Kier alpha value is -3.35. The fraction of sp³-hybridized carbons (Fsp3) is 0.318.